The van der Waals surface area contributed by atoms with E-state index >= 15 is 4.39 Å². The number of ether oxygens (including phenoxy) is 1. The van der Waals surface area contributed by atoms with Crippen LogP contribution in [-0.4, -0.2) is 93.0 Å². The Morgan fingerprint density at radius 3 is 2.67 bits per heavy atom. The van der Waals surface area contributed by atoms with Crippen molar-refractivity contribution < 1.29 is 31.9 Å². The number of halogens is 4. The molecular weight excluding hydrogens is 699 g/mol. The molecule has 1 aromatic carbocycles. The number of alkyl halides is 2. The number of likely N-dealkylation sites (N-methyl/N-ethyl adjacent to an activating group) is 1. The largest absolute Gasteiger partial charge is 0.487 e. The van der Waals surface area contributed by atoms with Gasteiger partial charge >= 0.3 is 0 Å². The number of carbonyl (C=O) groups is 2. The topological polar surface area (TPSA) is 96.7 Å². The molecule has 5 aromatic rings. The minimum Gasteiger partial charge on any atom is -0.487 e. The number of thiophene rings is 1. The highest BCUT2D eigenvalue weighted by Crippen LogP contribution is 2.47. The zero-order chi connectivity index (χ0) is 36.8. The minimum absolute atomic E-state index is 0.00608. The summed E-state index contributed by atoms with van der Waals surface area (Å²) in [4.78, 5) is 40.3. The van der Waals surface area contributed by atoms with Crippen molar-refractivity contribution in [1.29, 1.82) is 0 Å². The van der Waals surface area contributed by atoms with Crippen molar-refractivity contribution in [3.05, 3.63) is 83.1 Å². The van der Waals surface area contributed by atoms with Crippen LogP contribution in [0.3, 0.4) is 0 Å². The van der Waals surface area contributed by atoms with Crippen LogP contribution in [-0.2, 0) is 29.1 Å². The van der Waals surface area contributed by atoms with Gasteiger partial charge in [0, 0.05) is 85.4 Å². The molecule has 7 rings (SSSR count). The van der Waals surface area contributed by atoms with Crippen LogP contribution in [0.15, 0.2) is 54.6 Å². The smallest absolute Gasteiger partial charge is 0.272 e. The van der Waals surface area contributed by atoms with E-state index in [9.17, 15) is 22.8 Å². The summed E-state index contributed by atoms with van der Waals surface area (Å²) in [6.45, 7) is 6.61. The number of amides is 2. The van der Waals surface area contributed by atoms with Crippen LogP contribution in [0.4, 0.5) is 17.6 Å². The maximum Gasteiger partial charge on any atom is 0.272 e. The van der Waals surface area contributed by atoms with E-state index in [1.54, 1.807) is 40.8 Å². The first kappa shape index (κ1) is 35.3. The highest BCUT2D eigenvalue weighted by molar-refractivity contribution is 7.18. The molecule has 2 aliphatic heterocycles. The molecule has 4 aromatic heterocycles. The van der Waals surface area contributed by atoms with Crippen LogP contribution >= 0.6 is 11.3 Å². The molecule has 10 nitrogen and oxygen atoms in total. The molecule has 0 fully saturated rings. The Kier molecular flexibility index (Phi) is 9.57. The van der Waals surface area contributed by atoms with E-state index in [1.807, 2.05) is 24.4 Å². The van der Waals surface area contributed by atoms with Gasteiger partial charge in [0.25, 0.3) is 6.43 Å². The first-order chi connectivity index (χ1) is 24.9. The Bertz CT molecular complexity index is 2220. The monoisotopic (exact) mass is 733 g/mol. The lowest BCUT2D eigenvalue weighted by Crippen LogP contribution is -2.40. The van der Waals surface area contributed by atoms with E-state index in [1.165, 1.54) is 17.4 Å². The summed E-state index contributed by atoms with van der Waals surface area (Å²) < 4.78 is 65.0. The van der Waals surface area contributed by atoms with Crippen LogP contribution in [0.25, 0.3) is 43.9 Å². The molecule has 6 heterocycles. The molecule has 0 bridgehead atoms. The molecule has 270 valence electrons. The summed E-state index contributed by atoms with van der Waals surface area (Å²) in [7, 11) is 3.44. The van der Waals surface area contributed by atoms with Crippen molar-refractivity contribution >= 4 is 33.2 Å². The van der Waals surface area contributed by atoms with Crippen LogP contribution in [0.5, 0.6) is 5.75 Å². The second-order valence-corrected chi connectivity index (χ2v) is 13.9. The van der Waals surface area contributed by atoms with Crippen LogP contribution in [0.1, 0.15) is 29.9 Å². The average molecular weight is 734 g/mol. The molecule has 0 N–H and O–H groups in total. The number of pyridine rings is 2. The van der Waals surface area contributed by atoms with Crippen LogP contribution < -0.4 is 4.74 Å². The lowest BCUT2D eigenvalue weighted by Gasteiger charge is -2.33. The van der Waals surface area contributed by atoms with Gasteiger partial charge in [-0.05, 0) is 42.1 Å². The number of aromatic nitrogens is 4. The van der Waals surface area contributed by atoms with Gasteiger partial charge in [0.2, 0.25) is 11.8 Å². The Balaban J connectivity index is 1.43. The normalized spacial score (nSPS) is 15.8. The van der Waals surface area contributed by atoms with Gasteiger partial charge in [0.1, 0.15) is 35.4 Å². The van der Waals surface area contributed by atoms with Gasteiger partial charge in [0.15, 0.2) is 0 Å². The fourth-order valence-corrected chi connectivity index (χ4v) is 7.79. The summed E-state index contributed by atoms with van der Waals surface area (Å²) >= 11 is 1.28. The zero-order valence-corrected chi connectivity index (χ0v) is 29.5. The summed E-state index contributed by atoms with van der Waals surface area (Å²) in [5.41, 5.74) is 4.28. The van der Waals surface area contributed by atoms with Crippen molar-refractivity contribution in [2.75, 3.05) is 40.3 Å². The lowest BCUT2D eigenvalue weighted by atomic mass is 9.95. The second kappa shape index (κ2) is 14.1. The van der Waals surface area contributed by atoms with Crippen molar-refractivity contribution in [2.45, 2.75) is 38.9 Å². The molecule has 0 unspecified atom stereocenters. The molecule has 15 heteroatoms. The summed E-state index contributed by atoms with van der Waals surface area (Å²) in [6.07, 6.45) is 0.759. The number of hydrogen-bond acceptors (Lipinski definition) is 8. The molecule has 0 saturated carbocycles. The number of nitrogens with zero attached hydrogens (tertiary/aromatic N) is 7. The first-order valence-electron chi connectivity index (χ1n) is 16.7. The van der Waals surface area contributed by atoms with Gasteiger partial charge in [-0.1, -0.05) is 6.58 Å². The molecule has 0 saturated heterocycles. The number of rotatable bonds is 9. The fourth-order valence-electron chi connectivity index (χ4n) is 6.84. The number of hydrogen-bond donors (Lipinski definition) is 0. The maximum absolute atomic E-state index is 16.1. The second-order valence-electron chi connectivity index (χ2n) is 13.0. The van der Waals surface area contributed by atoms with Crippen LogP contribution in [0.2, 0.25) is 0 Å². The third-order valence-electron chi connectivity index (χ3n) is 9.45. The van der Waals surface area contributed by atoms with Gasteiger partial charge in [0.05, 0.1) is 36.1 Å². The molecule has 0 radical (unpaired) electrons. The Morgan fingerprint density at radius 1 is 1.12 bits per heavy atom. The van der Waals surface area contributed by atoms with Gasteiger partial charge < -0.3 is 14.5 Å². The number of benzene rings is 1. The van der Waals surface area contributed by atoms with Gasteiger partial charge in [-0.15, -0.1) is 11.3 Å². The average Bonchev–Trinajstić information content (AvgIpc) is 3.78. The highest BCUT2D eigenvalue weighted by Gasteiger charge is 2.32. The Hall–Kier alpha value is -5.15. The van der Waals surface area contributed by atoms with Gasteiger partial charge in [-0.2, -0.15) is 5.10 Å². The molecule has 0 spiro atoms. The minimum atomic E-state index is -2.89. The molecular formula is C37H35F4N7O3S. The predicted octanol–water partition coefficient (Wildman–Crippen LogP) is 6.35. The Morgan fingerprint density at radius 2 is 1.92 bits per heavy atom. The molecule has 0 aliphatic carbocycles. The summed E-state index contributed by atoms with van der Waals surface area (Å²) in [6, 6.07) is 6.78. The summed E-state index contributed by atoms with van der Waals surface area (Å²) in [5, 5.41) is 7.29. The van der Waals surface area contributed by atoms with Crippen molar-refractivity contribution in [3.8, 4) is 39.5 Å². The van der Waals surface area contributed by atoms with E-state index < -0.39 is 30.4 Å². The zero-order valence-electron chi connectivity index (χ0n) is 28.7. The van der Waals surface area contributed by atoms with Gasteiger partial charge in [-0.3, -0.25) is 24.2 Å². The third-order valence-corrected chi connectivity index (χ3v) is 10.4. The predicted molar refractivity (Wildman–Crippen MR) is 189 cm³/mol. The lowest BCUT2D eigenvalue weighted by molar-refractivity contribution is -0.130. The third kappa shape index (κ3) is 6.54. The molecule has 52 heavy (non-hydrogen) atoms. The molecule has 2 aliphatic rings. The highest BCUT2D eigenvalue weighted by atomic mass is 32.1. The van der Waals surface area contributed by atoms with Crippen LogP contribution in [0, 0.1) is 11.6 Å². The van der Waals surface area contributed by atoms with E-state index in [0.29, 0.717) is 71.4 Å². The number of carbonyl (C=O) groups excluding carboxylic acids is 2. The SMILES string of the molecule is C=CC(=O)N1CCn2nc(-c3nc(-c4cnc5c(c4)CN(CC(=O)N(C)C)CC5)c4ccsc4c3-c3c(F)cc(F)cc3OCC(F)F)cc2[C@H]1C. The van der Waals surface area contributed by atoms with E-state index in [2.05, 4.69) is 11.5 Å². The van der Waals surface area contributed by atoms with Crippen molar-refractivity contribution in [3.63, 3.8) is 0 Å². The van der Waals surface area contributed by atoms with Crippen molar-refractivity contribution in [1.82, 2.24) is 34.4 Å². The standard InChI is InChI=1S/C37H35F4N7O3S/c1-5-31(49)47-9-10-48-28(20(47)2)15-27(44-48)36-34(33-25(39)13-23(38)14-29(33)51-19-30(40)41)37-24(7-11-52-37)35(43-36)21-12-22-17-46(18-32(50)45(3)4)8-6-26(22)42-16-21/h5,7,11-16,20,30H,1,6,8-10,17-19H2,2-4H3/t20-/m1/s1. The summed E-state index contributed by atoms with van der Waals surface area (Å²) in [5.74, 6) is -2.64. The van der Waals surface area contributed by atoms with E-state index in [0.717, 1.165) is 17.3 Å². The van der Waals surface area contributed by atoms with Crippen molar-refractivity contribution in [2.24, 2.45) is 0 Å². The fraction of sp³-hybridized carbons (Fsp3) is 0.324. The molecule has 2 amide bonds. The van der Waals surface area contributed by atoms with E-state index in [-0.39, 0.29) is 41.2 Å². The number of fused-ring (bicyclic) bond motifs is 3. The quantitative estimate of drug-likeness (QED) is 0.129. The Labute approximate surface area is 300 Å². The first-order valence-corrected chi connectivity index (χ1v) is 17.5. The maximum atomic E-state index is 16.1. The molecule has 1 atom stereocenters. The van der Waals surface area contributed by atoms with Gasteiger partial charge in [-0.25, -0.2) is 22.5 Å². The van der Waals surface area contributed by atoms with E-state index in [4.69, 9.17) is 19.8 Å².